The Bertz CT molecular complexity index is 1130. The first kappa shape index (κ1) is 24.9. The lowest BCUT2D eigenvalue weighted by Gasteiger charge is -2.30. The summed E-state index contributed by atoms with van der Waals surface area (Å²) in [4.78, 5) is 24.6. The summed E-state index contributed by atoms with van der Waals surface area (Å²) >= 11 is 0. The third kappa shape index (κ3) is 5.62. The first-order chi connectivity index (χ1) is 15.4. The zero-order valence-corrected chi connectivity index (χ0v) is 20.7. The minimum Gasteiger partial charge on any atom is -0.495 e. The Kier molecular flexibility index (Phi) is 7.29. The summed E-state index contributed by atoms with van der Waals surface area (Å²) in [5, 5.41) is 2.98. The standard InChI is InChI=1S/C25H32N2O5S/c1-17(28)18-6-9-21(10-7-18)33(30,31)27-14-12-19(13-15-27)24(29)26-22-16-20(25(2,3)4)8-11-23(22)32-5/h6-11,16,19H,12-15H2,1-5H3,(H,26,29). The molecular formula is C25H32N2O5S. The number of Topliss-reactive ketones (excluding diaryl/α,β-unsaturated/α-hetero) is 1. The number of carbonyl (C=O) groups excluding carboxylic acids is 2. The number of benzene rings is 2. The molecule has 1 aliphatic heterocycles. The van der Waals surface area contributed by atoms with E-state index in [1.807, 2.05) is 18.2 Å². The lowest BCUT2D eigenvalue weighted by molar-refractivity contribution is -0.120. The number of hydrogen-bond donors (Lipinski definition) is 1. The van der Waals surface area contributed by atoms with Gasteiger partial charge in [-0.05, 0) is 55.0 Å². The zero-order valence-electron chi connectivity index (χ0n) is 19.8. The van der Waals surface area contributed by atoms with Crippen LogP contribution in [0.4, 0.5) is 5.69 Å². The van der Waals surface area contributed by atoms with Crippen molar-refractivity contribution in [3.05, 3.63) is 53.6 Å². The van der Waals surface area contributed by atoms with Crippen molar-refractivity contribution in [1.29, 1.82) is 0 Å². The fourth-order valence-corrected chi connectivity index (χ4v) is 5.35. The Balaban J connectivity index is 1.67. The van der Waals surface area contributed by atoms with E-state index in [0.29, 0.717) is 29.8 Å². The second-order valence-electron chi connectivity index (χ2n) is 9.41. The van der Waals surface area contributed by atoms with Gasteiger partial charge in [0.1, 0.15) is 5.75 Å². The van der Waals surface area contributed by atoms with Crippen molar-refractivity contribution in [1.82, 2.24) is 4.31 Å². The summed E-state index contributed by atoms with van der Waals surface area (Å²) in [5.41, 5.74) is 2.09. The molecule has 33 heavy (non-hydrogen) atoms. The molecule has 1 aliphatic rings. The van der Waals surface area contributed by atoms with Gasteiger partial charge in [0, 0.05) is 24.6 Å². The number of sulfonamides is 1. The topological polar surface area (TPSA) is 92.8 Å². The number of anilines is 1. The van der Waals surface area contributed by atoms with E-state index in [4.69, 9.17) is 4.74 Å². The minimum atomic E-state index is -3.67. The third-order valence-electron chi connectivity index (χ3n) is 6.05. The number of nitrogens with zero attached hydrogens (tertiary/aromatic N) is 1. The number of amides is 1. The Morgan fingerprint density at radius 2 is 1.64 bits per heavy atom. The largest absolute Gasteiger partial charge is 0.495 e. The van der Waals surface area contributed by atoms with Crippen molar-refractivity contribution >= 4 is 27.4 Å². The van der Waals surface area contributed by atoms with Crippen LogP contribution >= 0.6 is 0 Å². The Hall–Kier alpha value is -2.71. The van der Waals surface area contributed by atoms with Gasteiger partial charge >= 0.3 is 0 Å². The van der Waals surface area contributed by atoms with Crippen molar-refractivity contribution in [3.8, 4) is 5.75 Å². The van der Waals surface area contributed by atoms with E-state index in [-0.39, 0.29) is 41.0 Å². The normalized spacial score (nSPS) is 15.8. The maximum atomic E-state index is 13.0. The first-order valence-corrected chi connectivity index (χ1v) is 12.5. The van der Waals surface area contributed by atoms with Crippen molar-refractivity contribution in [2.75, 3.05) is 25.5 Å². The van der Waals surface area contributed by atoms with Crippen molar-refractivity contribution in [3.63, 3.8) is 0 Å². The van der Waals surface area contributed by atoms with E-state index >= 15 is 0 Å². The van der Waals surface area contributed by atoms with E-state index in [1.54, 1.807) is 7.11 Å². The zero-order chi connectivity index (χ0) is 24.4. The molecule has 1 saturated heterocycles. The van der Waals surface area contributed by atoms with Crippen LogP contribution in [0.1, 0.15) is 56.5 Å². The van der Waals surface area contributed by atoms with Crippen LogP contribution in [0.3, 0.4) is 0 Å². The van der Waals surface area contributed by atoms with Gasteiger partial charge in [-0.2, -0.15) is 4.31 Å². The summed E-state index contributed by atoms with van der Waals surface area (Å²) in [7, 11) is -2.11. The molecule has 0 aromatic heterocycles. The number of rotatable bonds is 6. The second-order valence-corrected chi connectivity index (χ2v) is 11.4. The number of piperidine rings is 1. The van der Waals surface area contributed by atoms with E-state index in [1.165, 1.54) is 35.5 Å². The lowest BCUT2D eigenvalue weighted by Crippen LogP contribution is -2.41. The fraction of sp³-hybridized carbons (Fsp3) is 0.440. The third-order valence-corrected chi connectivity index (χ3v) is 7.96. The Morgan fingerprint density at radius 1 is 1.03 bits per heavy atom. The van der Waals surface area contributed by atoms with Gasteiger partial charge < -0.3 is 10.1 Å². The van der Waals surface area contributed by atoms with Gasteiger partial charge in [0.15, 0.2) is 5.78 Å². The molecule has 1 amide bonds. The summed E-state index contributed by atoms with van der Waals surface area (Å²) in [6, 6.07) is 11.7. The highest BCUT2D eigenvalue weighted by Gasteiger charge is 2.32. The fourth-order valence-electron chi connectivity index (χ4n) is 3.88. The number of ketones is 1. The van der Waals surface area contributed by atoms with E-state index in [9.17, 15) is 18.0 Å². The van der Waals surface area contributed by atoms with Gasteiger partial charge in [-0.3, -0.25) is 9.59 Å². The summed E-state index contributed by atoms with van der Waals surface area (Å²) in [6.45, 7) is 8.26. The number of methoxy groups -OCH3 is 1. The van der Waals surface area contributed by atoms with Crippen molar-refractivity contribution in [2.45, 2.75) is 50.8 Å². The second kappa shape index (κ2) is 9.65. The summed E-state index contributed by atoms with van der Waals surface area (Å²) in [6.07, 6.45) is 0.857. The molecule has 8 heteroatoms. The number of nitrogens with one attached hydrogen (secondary N) is 1. The molecule has 0 aliphatic carbocycles. The van der Waals surface area contributed by atoms with Gasteiger partial charge in [0.25, 0.3) is 0 Å². The van der Waals surface area contributed by atoms with Gasteiger partial charge in [0.2, 0.25) is 15.9 Å². The molecule has 1 heterocycles. The monoisotopic (exact) mass is 472 g/mol. The van der Waals surface area contributed by atoms with Crippen LogP contribution in [0.15, 0.2) is 47.4 Å². The van der Waals surface area contributed by atoms with Gasteiger partial charge in [-0.1, -0.05) is 39.0 Å². The molecule has 0 atom stereocenters. The molecule has 1 N–H and O–H groups in total. The molecule has 0 spiro atoms. The quantitative estimate of drug-likeness (QED) is 0.635. The SMILES string of the molecule is COc1ccc(C(C)(C)C)cc1NC(=O)C1CCN(S(=O)(=O)c2ccc(C(C)=O)cc2)CC1. The van der Waals surface area contributed by atoms with Crippen LogP contribution in [-0.4, -0.2) is 44.6 Å². The van der Waals surface area contributed by atoms with Crippen molar-refractivity contribution < 1.29 is 22.7 Å². The van der Waals surface area contributed by atoms with Crippen LogP contribution in [0.25, 0.3) is 0 Å². The van der Waals surface area contributed by atoms with Gasteiger partial charge in [0.05, 0.1) is 17.7 Å². The number of hydrogen-bond acceptors (Lipinski definition) is 5. The maximum Gasteiger partial charge on any atom is 0.243 e. The molecule has 7 nitrogen and oxygen atoms in total. The Morgan fingerprint density at radius 3 is 2.15 bits per heavy atom. The van der Waals surface area contributed by atoms with Gasteiger partial charge in [-0.25, -0.2) is 8.42 Å². The average molecular weight is 473 g/mol. The van der Waals surface area contributed by atoms with Crippen LogP contribution in [-0.2, 0) is 20.2 Å². The first-order valence-electron chi connectivity index (χ1n) is 11.0. The minimum absolute atomic E-state index is 0.0753. The Labute approximate surface area is 196 Å². The molecule has 0 bridgehead atoms. The predicted molar refractivity (Wildman–Crippen MR) is 128 cm³/mol. The van der Waals surface area contributed by atoms with E-state index in [0.717, 1.165) is 5.56 Å². The molecule has 2 aromatic rings. The lowest BCUT2D eigenvalue weighted by atomic mass is 9.86. The molecule has 0 unspecified atom stereocenters. The molecule has 0 saturated carbocycles. The van der Waals surface area contributed by atoms with Crippen LogP contribution in [0, 0.1) is 5.92 Å². The number of ether oxygens (including phenoxy) is 1. The molecule has 0 radical (unpaired) electrons. The predicted octanol–water partition coefficient (Wildman–Crippen LogP) is 4.23. The van der Waals surface area contributed by atoms with Gasteiger partial charge in [-0.15, -0.1) is 0 Å². The van der Waals surface area contributed by atoms with Crippen molar-refractivity contribution in [2.24, 2.45) is 5.92 Å². The molecule has 178 valence electrons. The average Bonchev–Trinajstić information content (AvgIpc) is 2.78. The highest BCUT2D eigenvalue weighted by molar-refractivity contribution is 7.89. The maximum absolute atomic E-state index is 13.0. The molecular weight excluding hydrogens is 440 g/mol. The highest BCUT2D eigenvalue weighted by atomic mass is 32.2. The van der Waals surface area contributed by atoms with E-state index in [2.05, 4.69) is 26.1 Å². The molecule has 3 rings (SSSR count). The van der Waals surface area contributed by atoms with Crippen LogP contribution in [0.2, 0.25) is 0 Å². The highest BCUT2D eigenvalue weighted by Crippen LogP contribution is 2.32. The molecule has 1 fully saturated rings. The molecule has 2 aromatic carbocycles. The van der Waals surface area contributed by atoms with E-state index < -0.39 is 10.0 Å². The summed E-state index contributed by atoms with van der Waals surface area (Å²) in [5.74, 6) is 0.0440. The van der Waals surface area contributed by atoms with Crippen LogP contribution < -0.4 is 10.1 Å². The number of carbonyl (C=O) groups is 2. The summed E-state index contributed by atoms with van der Waals surface area (Å²) < 4.78 is 32.8. The van der Waals surface area contributed by atoms with Crippen LogP contribution in [0.5, 0.6) is 5.75 Å². The smallest absolute Gasteiger partial charge is 0.243 e.